The summed E-state index contributed by atoms with van der Waals surface area (Å²) in [5.74, 6) is 0.238. The molecule has 0 saturated heterocycles. The first-order valence-corrected chi connectivity index (χ1v) is 5.90. The Morgan fingerprint density at radius 3 is 2.82 bits per heavy atom. The van der Waals surface area contributed by atoms with E-state index in [2.05, 4.69) is 11.4 Å². The molecule has 1 fully saturated rings. The predicted octanol–water partition coefficient (Wildman–Crippen LogP) is 0.440. The summed E-state index contributed by atoms with van der Waals surface area (Å²) in [5, 5.41) is 21.1. The predicted molar refractivity (Wildman–Crippen MR) is 62.0 cm³/mol. The van der Waals surface area contributed by atoms with Crippen molar-refractivity contribution in [1.29, 1.82) is 5.26 Å². The van der Waals surface area contributed by atoms with Crippen molar-refractivity contribution in [1.82, 2.24) is 5.32 Å². The number of nitrogens with one attached hydrogen (secondary N) is 1. The number of rotatable bonds is 6. The number of aliphatic hydroxyl groups is 1. The van der Waals surface area contributed by atoms with Gasteiger partial charge in [0.1, 0.15) is 5.41 Å². The minimum atomic E-state index is -0.828. The van der Waals surface area contributed by atoms with Crippen LogP contribution >= 0.6 is 0 Å². The van der Waals surface area contributed by atoms with Crippen LogP contribution in [-0.4, -0.2) is 37.4 Å². The van der Waals surface area contributed by atoms with Gasteiger partial charge in [-0.25, -0.2) is 0 Å². The maximum atomic E-state index is 11.8. The molecule has 96 valence electrons. The molecule has 1 aliphatic carbocycles. The molecular weight excluding hydrogens is 220 g/mol. The third-order valence-corrected chi connectivity index (χ3v) is 3.16. The molecule has 1 aliphatic rings. The molecule has 0 aromatic heterocycles. The van der Waals surface area contributed by atoms with Crippen LogP contribution in [0.25, 0.3) is 0 Å². The van der Waals surface area contributed by atoms with Crippen LogP contribution in [-0.2, 0) is 9.53 Å². The number of hydrogen-bond donors (Lipinski definition) is 2. The minimum absolute atomic E-state index is 0.206. The maximum absolute atomic E-state index is 11.8. The van der Waals surface area contributed by atoms with E-state index in [1.165, 1.54) is 7.11 Å². The first-order chi connectivity index (χ1) is 8.04. The molecular formula is C12H20N2O3. The Balaban J connectivity index is 2.28. The Kier molecular flexibility index (Phi) is 4.91. The monoisotopic (exact) mass is 240 g/mol. The third-order valence-electron chi connectivity index (χ3n) is 3.16. The second kappa shape index (κ2) is 5.99. The van der Waals surface area contributed by atoms with Crippen LogP contribution in [0, 0.1) is 22.7 Å². The fourth-order valence-corrected chi connectivity index (χ4v) is 2.25. The lowest BCUT2D eigenvalue weighted by Gasteiger charge is -2.39. The second-order valence-electron chi connectivity index (χ2n) is 4.86. The van der Waals surface area contributed by atoms with Crippen molar-refractivity contribution >= 4 is 5.91 Å². The van der Waals surface area contributed by atoms with Crippen molar-refractivity contribution in [3.8, 4) is 6.07 Å². The Hall–Kier alpha value is -1.12. The molecule has 0 aromatic rings. The molecule has 1 saturated carbocycles. The van der Waals surface area contributed by atoms with Crippen LogP contribution in [0.4, 0.5) is 0 Å². The van der Waals surface area contributed by atoms with Crippen molar-refractivity contribution in [3.05, 3.63) is 0 Å². The van der Waals surface area contributed by atoms with Gasteiger partial charge < -0.3 is 15.2 Å². The summed E-state index contributed by atoms with van der Waals surface area (Å²) in [6.45, 7) is 2.67. The zero-order valence-corrected chi connectivity index (χ0v) is 10.4. The van der Waals surface area contributed by atoms with Crippen LogP contribution in [0.15, 0.2) is 0 Å². The minimum Gasteiger partial charge on any atom is -0.391 e. The molecule has 1 rings (SSSR count). The molecule has 1 atom stereocenters. The van der Waals surface area contributed by atoms with Crippen molar-refractivity contribution in [3.63, 3.8) is 0 Å². The lowest BCUT2D eigenvalue weighted by atomic mass is 9.63. The molecule has 0 radical (unpaired) electrons. The van der Waals surface area contributed by atoms with Gasteiger partial charge >= 0.3 is 0 Å². The summed E-state index contributed by atoms with van der Waals surface area (Å²) in [6.07, 6.45) is 1.14. The van der Waals surface area contributed by atoms with Crippen LogP contribution in [0.1, 0.15) is 26.2 Å². The maximum Gasteiger partial charge on any atom is 0.240 e. The first-order valence-electron chi connectivity index (χ1n) is 5.90. The number of amides is 1. The van der Waals surface area contributed by atoms with E-state index in [1.807, 2.05) is 6.92 Å². The van der Waals surface area contributed by atoms with Crippen molar-refractivity contribution < 1.29 is 14.6 Å². The van der Waals surface area contributed by atoms with E-state index in [0.29, 0.717) is 31.7 Å². The van der Waals surface area contributed by atoms with E-state index in [0.717, 1.165) is 0 Å². The van der Waals surface area contributed by atoms with Crippen LogP contribution in [0.2, 0.25) is 0 Å². The highest BCUT2D eigenvalue weighted by atomic mass is 16.5. The molecule has 0 aromatic carbocycles. The zero-order valence-electron chi connectivity index (χ0n) is 10.4. The zero-order chi connectivity index (χ0) is 12.9. The molecule has 5 heteroatoms. The highest BCUT2D eigenvalue weighted by Gasteiger charge is 2.48. The molecule has 1 unspecified atom stereocenters. The number of methoxy groups -OCH3 is 1. The average molecular weight is 240 g/mol. The normalized spacial score (nSPS) is 28.9. The second-order valence-corrected chi connectivity index (χ2v) is 4.86. The van der Waals surface area contributed by atoms with Gasteiger partial charge in [-0.3, -0.25) is 4.79 Å². The Morgan fingerprint density at radius 1 is 1.71 bits per heavy atom. The van der Waals surface area contributed by atoms with Gasteiger partial charge in [0.05, 0.1) is 18.8 Å². The molecule has 1 amide bonds. The van der Waals surface area contributed by atoms with E-state index in [1.54, 1.807) is 0 Å². The number of carbonyl (C=O) groups is 1. The van der Waals surface area contributed by atoms with E-state index < -0.39 is 11.5 Å². The van der Waals surface area contributed by atoms with Crippen molar-refractivity contribution in [2.24, 2.45) is 11.3 Å². The van der Waals surface area contributed by atoms with Crippen LogP contribution < -0.4 is 5.32 Å². The fraction of sp³-hybridized carbons (Fsp3) is 0.833. The average Bonchev–Trinajstić information content (AvgIpc) is 2.24. The molecule has 0 aliphatic heterocycles. The van der Waals surface area contributed by atoms with Gasteiger partial charge in [0.2, 0.25) is 5.91 Å². The van der Waals surface area contributed by atoms with Crippen molar-refractivity contribution in [2.45, 2.75) is 32.3 Å². The van der Waals surface area contributed by atoms with Gasteiger partial charge in [-0.2, -0.15) is 5.26 Å². The lowest BCUT2D eigenvalue weighted by Crippen LogP contribution is -2.48. The number of hydrogen-bond acceptors (Lipinski definition) is 4. The smallest absolute Gasteiger partial charge is 0.240 e. The van der Waals surface area contributed by atoms with Crippen molar-refractivity contribution in [2.75, 3.05) is 20.3 Å². The molecule has 17 heavy (non-hydrogen) atoms. The molecule has 0 heterocycles. The molecule has 0 bridgehead atoms. The summed E-state index contributed by atoms with van der Waals surface area (Å²) in [7, 11) is 1.52. The number of aliphatic hydroxyl groups excluding tert-OH is 1. The number of ether oxygens (including phenoxy) is 1. The van der Waals surface area contributed by atoms with Crippen LogP contribution in [0.5, 0.6) is 0 Å². The Labute approximate surface area is 102 Å². The molecule has 2 N–H and O–H groups in total. The van der Waals surface area contributed by atoms with Gasteiger partial charge in [0.15, 0.2) is 0 Å². The standard InChI is InChI=1S/C12H20N2O3/c1-9-5-12(6-9,8-13)11(16)14-4-3-10(15)7-17-2/h9-10,15H,3-7H2,1-2H3,(H,14,16). The van der Waals surface area contributed by atoms with E-state index >= 15 is 0 Å². The summed E-state index contributed by atoms with van der Waals surface area (Å²) in [6, 6.07) is 2.11. The molecule has 5 nitrogen and oxygen atoms in total. The number of nitrogens with zero attached hydrogens (tertiary/aromatic N) is 1. The van der Waals surface area contributed by atoms with Crippen LogP contribution in [0.3, 0.4) is 0 Å². The van der Waals surface area contributed by atoms with Gasteiger partial charge in [-0.05, 0) is 25.2 Å². The SMILES string of the molecule is COCC(O)CCNC(=O)C1(C#N)CC(C)C1. The first kappa shape index (κ1) is 13.9. The fourth-order valence-electron chi connectivity index (χ4n) is 2.25. The number of nitriles is 1. The van der Waals surface area contributed by atoms with Gasteiger partial charge in [0.25, 0.3) is 0 Å². The topological polar surface area (TPSA) is 82.3 Å². The summed E-state index contributed by atoms with van der Waals surface area (Å²) in [5.41, 5.74) is -0.828. The number of carbonyl (C=O) groups excluding carboxylic acids is 1. The van der Waals surface area contributed by atoms with E-state index in [4.69, 9.17) is 10.00 Å². The van der Waals surface area contributed by atoms with E-state index in [-0.39, 0.29) is 12.5 Å². The van der Waals surface area contributed by atoms with E-state index in [9.17, 15) is 9.90 Å². The molecule has 0 spiro atoms. The largest absolute Gasteiger partial charge is 0.391 e. The summed E-state index contributed by atoms with van der Waals surface area (Å²) >= 11 is 0. The summed E-state index contributed by atoms with van der Waals surface area (Å²) < 4.78 is 4.78. The lowest BCUT2D eigenvalue weighted by molar-refractivity contribution is -0.134. The van der Waals surface area contributed by atoms with Gasteiger partial charge in [0, 0.05) is 13.7 Å². The quantitative estimate of drug-likeness (QED) is 0.705. The summed E-state index contributed by atoms with van der Waals surface area (Å²) in [4.78, 5) is 11.8. The third kappa shape index (κ3) is 3.42. The Morgan fingerprint density at radius 2 is 2.35 bits per heavy atom. The van der Waals surface area contributed by atoms with Gasteiger partial charge in [-0.1, -0.05) is 6.92 Å². The highest BCUT2D eigenvalue weighted by Crippen LogP contribution is 2.44. The Bertz CT molecular complexity index is 305. The van der Waals surface area contributed by atoms with Gasteiger partial charge in [-0.15, -0.1) is 0 Å². The highest BCUT2D eigenvalue weighted by molar-refractivity contribution is 5.86.